The Bertz CT molecular complexity index is 117. The van der Waals surface area contributed by atoms with E-state index in [-0.39, 0.29) is 127 Å². The van der Waals surface area contributed by atoms with Crippen molar-refractivity contribution in [1.82, 2.24) is 0 Å². The van der Waals surface area contributed by atoms with Crippen molar-refractivity contribution in [3.8, 4) is 5.40 Å². The molecule has 0 aromatic carbocycles. The molecule has 0 rings (SSSR count). The van der Waals surface area contributed by atoms with Crippen molar-refractivity contribution in [3.05, 3.63) is 25.8 Å². The van der Waals surface area contributed by atoms with E-state index in [9.17, 15) is 8.78 Å². The molecular weight excluding hydrogens is 516 g/mol. The summed E-state index contributed by atoms with van der Waals surface area (Å²) < 4.78 is 20.3. The van der Waals surface area contributed by atoms with Crippen molar-refractivity contribution < 1.29 is 141 Å². The number of halogens is 4. The van der Waals surface area contributed by atoms with E-state index in [1.165, 1.54) is 5.40 Å². The van der Waals surface area contributed by atoms with Gasteiger partial charge in [0.15, 0.2) is 0 Å². The molecule has 2 nitrogen and oxygen atoms in total. The average Bonchev–Trinajstić information content (AvgIpc) is 2.14. The van der Waals surface area contributed by atoms with Crippen LogP contribution in [0.1, 0.15) is 0 Å². The predicted molar refractivity (Wildman–Crippen MR) is 63.7 cm³/mol. The molecule has 0 unspecified atom stereocenters. The Labute approximate surface area is 218 Å². The zero-order valence-corrected chi connectivity index (χ0v) is 21.3. The molecule has 0 saturated carbocycles. The standard InChI is InChI=1S/C2H2F2.C2H4.CH3I.CHNS.CH4O.HI.2K/c1-2(3)4;2*1-2;2-1-3;1-2;;;/h1H2;1-2H2;1H3;3H;2H,1H3;1H;;/q;;;;;;2*+1/p-2. The van der Waals surface area contributed by atoms with Crippen LogP contribution in [0.3, 0.4) is 0 Å². The molecule has 0 aliphatic carbocycles. The summed E-state index contributed by atoms with van der Waals surface area (Å²) in [6.07, 6.45) is -1.83. The van der Waals surface area contributed by atoms with Gasteiger partial charge in [-0.25, -0.2) is 5.26 Å². The number of aliphatic hydroxyl groups is 1. The van der Waals surface area contributed by atoms with Gasteiger partial charge in [-0.15, -0.1) is 13.2 Å². The minimum atomic E-state index is -1.83. The summed E-state index contributed by atoms with van der Waals surface area (Å²) in [5.41, 5.74) is 0. The van der Waals surface area contributed by atoms with Crippen LogP contribution in [0.25, 0.3) is 0 Å². The number of nitrogens with zero attached hydrogens (tertiary/aromatic N) is 1. The molecule has 0 atom stereocenters. The van der Waals surface area contributed by atoms with Crippen molar-refractivity contribution in [3.63, 3.8) is 0 Å². The van der Waals surface area contributed by atoms with Gasteiger partial charge in [0.1, 0.15) is 0 Å². The Balaban J connectivity index is -0.00000000824. The number of rotatable bonds is 0. The molecule has 0 spiro atoms. The molecule has 0 radical (unpaired) electrons. The minimum absolute atomic E-state index is 0. The van der Waals surface area contributed by atoms with E-state index < -0.39 is 6.08 Å². The molecule has 88 valence electrons. The Morgan fingerprint density at radius 2 is 1.25 bits per heavy atom. The number of aliphatic hydroxyl groups excluding tert-OH is 1. The van der Waals surface area contributed by atoms with Crippen molar-refractivity contribution in [1.29, 1.82) is 5.26 Å². The second-order valence-electron chi connectivity index (χ2n) is 0.430. The van der Waals surface area contributed by atoms with Crippen LogP contribution in [0, 0.1) is 10.7 Å². The summed E-state index contributed by atoms with van der Waals surface area (Å²) in [6, 6.07) is 0. The van der Waals surface area contributed by atoms with Crippen molar-refractivity contribution in [2.75, 3.05) is 12.0 Å². The van der Waals surface area contributed by atoms with E-state index in [1.807, 2.05) is 4.93 Å². The fraction of sp³-hybridized carbons (Fsp3) is 0.286. The minimum Gasteiger partial charge on any atom is -1.00 e. The van der Waals surface area contributed by atoms with Gasteiger partial charge in [-0.05, 0) is 11.5 Å². The molecular formula is C7H13F2I2K2NOS. The van der Waals surface area contributed by atoms with Crippen molar-refractivity contribution >= 4 is 35.2 Å². The molecule has 0 bridgehead atoms. The van der Waals surface area contributed by atoms with Crippen LogP contribution in [0.4, 0.5) is 8.78 Å². The Kier molecular flexibility index (Phi) is 309. The van der Waals surface area contributed by atoms with Crippen LogP contribution < -0.4 is 127 Å². The maximum Gasteiger partial charge on any atom is 1.00 e. The molecule has 0 saturated heterocycles. The summed E-state index contributed by atoms with van der Waals surface area (Å²) >= 11 is 5.85. The van der Waals surface area contributed by atoms with E-state index in [4.69, 9.17) is 10.4 Å². The van der Waals surface area contributed by atoms with Gasteiger partial charge in [-0.1, -0.05) is 28.0 Å². The van der Waals surface area contributed by atoms with E-state index in [1.54, 1.807) is 0 Å². The third kappa shape index (κ3) is 355. The molecule has 0 amide bonds. The fourth-order valence-corrected chi connectivity index (χ4v) is 0. The first kappa shape index (κ1) is 50.3. The zero-order chi connectivity index (χ0) is 12.3. The van der Waals surface area contributed by atoms with Gasteiger partial charge in [0, 0.05) is 7.11 Å². The quantitative estimate of drug-likeness (QED) is 0.0850. The summed E-state index contributed by atoms with van der Waals surface area (Å²) in [5.74, 6) is 0. The monoisotopic (exact) mass is 529 g/mol. The van der Waals surface area contributed by atoms with Gasteiger partial charge in [0.2, 0.25) is 0 Å². The Morgan fingerprint density at radius 3 is 1.25 bits per heavy atom. The summed E-state index contributed by atoms with van der Waals surface area (Å²) in [7, 11) is 1.00. The molecule has 16 heavy (non-hydrogen) atoms. The van der Waals surface area contributed by atoms with Crippen LogP contribution in [0.2, 0.25) is 0 Å². The van der Waals surface area contributed by atoms with E-state index >= 15 is 0 Å². The largest absolute Gasteiger partial charge is 1.00 e. The maximum atomic E-state index is 10.1. The Hall–Kier alpha value is 3.74. The predicted octanol–water partition coefficient (Wildman–Crippen LogP) is -6.12. The van der Waals surface area contributed by atoms with E-state index in [0.717, 1.165) is 7.11 Å². The fourth-order valence-electron chi connectivity index (χ4n) is 0. The number of hydrogen-bond donors (Lipinski definition) is 1. The molecule has 1 N–H and O–H groups in total. The van der Waals surface area contributed by atoms with Gasteiger partial charge in [0.05, 0.1) is 0 Å². The third-order valence-electron chi connectivity index (χ3n) is 0. The van der Waals surface area contributed by atoms with Gasteiger partial charge in [-0.3, -0.25) is 0 Å². The maximum absolute atomic E-state index is 10.1. The number of alkyl halides is 1. The first-order valence-electron chi connectivity index (χ1n) is 2.48. The SMILES string of the molecule is C=C.C=C(F)F.CI.CO.N#C[S-].[I-].[K+].[K+]. The van der Waals surface area contributed by atoms with E-state index in [0.29, 0.717) is 0 Å². The number of hydrogen-bond acceptors (Lipinski definition) is 3. The normalized spacial score (nSPS) is 3.06. The Morgan fingerprint density at radius 1 is 1.25 bits per heavy atom. The summed E-state index contributed by atoms with van der Waals surface area (Å²) in [5, 5.41) is 15.5. The summed E-state index contributed by atoms with van der Waals surface area (Å²) in [6.45, 7) is 8.22. The molecule has 0 aromatic heterocycles. The third-order valence-corrected chi connectivity index (χ3v) is 0. The van der Waals surface area contributed by atoms with E-state index in [2.05, 4.69) is 55.0 Å². The van der Waals surface area contributed by atoms with Crippen LogP contribution in [0.15, 0.2) is 25.8 Å². The van der Waals surface area contributed by atoms with Crippen molar-refractivity contribution in [2.24, 2.45) is 0 Å². The van der Waals surface area contributed by atoms with Gasteiger partial charge >= 0.3 is 103 Å². The van der Waals surface area contributed by atoms with Crippen LogP contribution in [-0.2, 0) is 12.6 Å². The second kappa shape index (κ2) is 98.4. The van der Waals surface area contributed by atoms with Crippen molar-refractivity contribution in [2.45, 2.75) is 0 Å². The molecule has 0 aromatic rings. The first-order valence-corrected chi connectivity index (χ1v) is 5.05. The van der Waals surface area contributed by atoms with Crippen LogP contribution >= 0.6 is 22.6 Å². The first-order chi connectivity index (χ1) is 6.15. The van der Waals surface area contributed by atoms with Gasteiger partial charge < -0.3 is 41.7 Å². The molecule has 0 heterocycles. The average molecular weight is 529 g/mol. The van der Waals surface area contributed by atoms with Crippen LogP contribution in [-0.4, -0.2) is 17.1 Å². The molecule has 0 aliphatic rings. The molecule has 0 fully saturated rings. The molecule has 0 aliphatic heterocycles. The zero-order valence-electron chi connectivity index (χ0n) is 9.94. The molecule has 9 heteroatoms. The van der Waals surface area contributed by atoms with Gasteiger partial charge in [-0.2, -0.15) is 8.78 Å². The van der Waals surface area contributed by atoms with Gasteiger partial charge in [0.25, 0.3) is 6.08 Å². The number of nitriles is 1. The smallest absolute Gasteiger partial charge is 1.00 e. The topological polar surface area (TPSA) is 44.0 Å². The van der Waals surface area contributed by atoms with Crippen LogP contribution in [0.5, 0.6) is 0 Å². The number of thiocyanates is 1. The second-order valence-corrected chi connectivity index (χ2v) is 0.613. The summed E-state index contributed by atoms with van der Waals surface area (Å²) in [4.78, 5) is 1.97.